The first-order chi connectivity index (χ1) is 7.79. The smallest absolute Gasteiger partial charge is 0.161 e. The number of hydrogen-bond acceptors (Lipinski definition) is 2. The van der Waals surface area contributed by atoms with Crippen molar-refractivity contribution in [3.8, 4) is 11.5 Å². The van der Waals surface area contributed by atoms with Gasteiger partial charge in [0.15, 0.2) is 11.5 Å². The van der Waals surface area contributed by atoms with E-state index in [1.54, 1.807) is 0 Å². The maximum atomic E-state index is 5.92. The summed E-state index contributed by atoms with van der Waals surface area (Å²) in [6.07, 6.45) is 3.81. The zero-order valence-corrected chi connectivity index (χ0v) is 10.1. The van der Waals surface area contributed by atoms with E-state index in [9.17, 15) is 0 Å². The van der Waals surface area contributed by atoms with E-state index in [1.807, 2.05) is 24.3 Å². The Kier molecular flexibility index (Phi) is 3.70. The molecule has 0 amide bonds. The van der Waals surface area contributed by atoms with Crippen LogP contribution in [-0.4, -0.2) is 12.7 Å². The second-order valence-electron chi connectivity index (χ2n) is 4.63. The van der Waals surface area contributed by atoms with Gasteiger partial charge in [0.1, 0.15) is 12.7 Å². The molecule has 0 saturated carbocycles. The minimum atomic E-state index is 0.219. The predicted molar refractivity (Wildman–Crippen MR) is 65.0 cm³/mol. The average molecular weight is 220 g/mol. The highest BCUT2D eigenvalue weighted by Crippen LogP contribution is 2.32. The van der Waals surface area contributed by atoms with Crippen molar-refractivity contribution < 1.29 is 9.47 Å². The van der Waals surface area contributed by atoms with Crippen LogP contribution in [0.2, 0.25) is 0 Å². The van der Waals surface area contributed by atoms with E-state index in [0.29, 0.717) is 12.5 Å². The average Bonchev–Trinajstić information content (AvgIpc) is 2.29. The number of hydrogen-bond donors (Lipinski definition) is 0. The van der Waals surface area contributed by atoms with Gasteiger partial charge >= 0.3 is 0 Å². The zero-order valence-electron chi connectivity index (χ0n) is 10.1. The van der Waals surface area contributed by atoms with E-state index in [-0.39, 0.29) is 6.10 Å². The summed E-state index contributed by atoms with van der Waals surface area (Å²) in [4.78, 5) is 0. The topological polar surface area (TPSA) is 18.5 Å². The molecule has 2 nitrogen and oxygen atoms in total. The summed E-state index contributed by atoms with van der Waals surface area (Å²) >= 11 is 0. The highest BCUT2D eigenvalue weighted by Gasteiger charge is 2.21. The number of benzene rings is 1. The Bertz CT molecular complexity index is 335. The van der Waals surface area contributed by atoms with Gasteiger partial charge in [0.05, 0.1) is 0 Å². The third-order valence-corrected chi connectivity index (χ3v) is 3.01. The summed E-state index contributed by atoms with van der Waals surface area (Å²) in [7, 11) is 0. The van der Waals surface area contributed by atoms with Gasteiger partial charge in [-0.15, -0.1) is 0 Å². The van der Waals surface area contributed by atoms with E-state index >= 15 is 0 Å². The molecule has 0 spiro atoms. The van der Waals surface area contributed by atoms with Crippen LogP contribution < -0.4 is 9.47 Å². The molecular weight excluding hydrogens is 200 g/mol. The molecule has 0 fully saturated rings. The van der Waals surface area contributed by atoms with Crippen LogP contribution in [0.4, 0.5) is 0 Å². The largest absolute Gasteiger partial charge is 0.486 e. The molecule has 0 bridgehead atoms. The van der Waals surface area contributed by atoms with Gasteiger partial charge in [-0.3, -0.25) is 0 Å². The first kappa shape index (κ1) is 11.3. The summed E-state index contributed by atoms with van der Waals surface area (Å²) < 4.78 is 11.6. The highest BCUT2D eigenvalue weighted by atomic mass is 16.6. The van der Waals surface area contributed by atoms with Gasteiger partial charge in [-0.1, -0.05) is 38.8 Å². The Balaban J connectivity index is 1.92. The third-order valence-electron chi connectivity index (χ3n) is 3.01. The van der Waals surface area contributed by atoms with Gasteiger partial charge in [-0.2, -0.15) is 0 Å². The van der Waals surface area contributed by atoms with Crippen molar-refractivity contribution in [3.63, 3.8) is 0 Å². The molecule has 0 aromatic heterocycles. The van der Waals surface area contributed by atoms with Crippen molar-refractivity contribution in [1.82, 2.24) is 0 Å². The van der Waals surface area contributed by atoms with E-state index in [0.717, 1.165) is 17.9 Å². The van der Waals surface area contributed by atoms with Gasteiger partial charge in [-0.05, 0) is 24.5 Å². The summed E-state index contributed by atoms with van der Waals surface area (Å²) in [5.41, 5.74) is 0. The minimum absolute atomic E-state index is 0.219. The van der Waals surface area contributed by atoms with Crippen LogP contribution in [0.5, 0.6) is 11.5 Å². The Morgan fingerprint density at radius 3 is 2.81 bits per heavy atom. The predicted octanol–water partition coefficient (Wildman–Crippen LogP) is 3.65. The van der Waals surface area contributed by atoms with Crippen molar-refractivity contribution in [2.24, 2.45) is 5.92 Å². The van der Waals surface area contributed by atoms with E-state index in [4.69, 9.17) is 9.47 Å². The van der Waals surface area contributed by atoms with Crippen LogP contribution in [0, 0.1) is 5.92 Å². The molecule has 1 aromatic carbocycles. The molecule has 2 heteroatoms. The highest BCUT2D eigenvalue weighted by molar-refractivity contribution is 5.40. The second-order valence-corrected chi connectivity index (χ2v) is 4.63. The Labute approximate surface area is 97.6 Å². The second kappa shape index (κ2) is 5.24. The van der Waals surface area contributed by atoms with Gasteiger partial charge in [-0.25, -0.2) is 0 Å². The fourth-order valence-electron chi connectivity index (χ4n) is 2.24. The van der Waals surface area contributed by atoms with Crippen molar-refractivity contribution in [2.45, 2.75) is 39.2 Å². The number of rotatable bonds is 4. The van der Waals surface area contributed by atoms with Crippen LogP contribution in [0.15, 0.2) is 24.3 Å². The summed E-state index contributed by atoms with van der Waals surface area (Å²) in [6.45, 7) is 5.20. The minimum Gasteiger partial charge on any atom is -0.486 e. The number of para-hydroxylation sites is 2. The van der Waals surface area contributed by atoms with E-state index in [2.05, 4.69) is 13.8 Å². The normalized spacial score (nSPS) is 20.5. The standard InChI is InChI=1S/C14H20O2/c1-3-6-11(2)9-12-10-15-13-7-4-5-8-14(13)16-12/h4-5,7-8,11-12H,3,6,9-10H2,1-2H3. The molecule has 0 saturated heterocycles. The maximum absolute atomic E-state index is 5.92. The van der Waals surface area contributed by atoms with E-state index in [1.165, 1.54) is 12.8 Å². The Hall–Kier alpha value is -1.18. The Morgan fingerprint density at radius 2 is 2.06 bits per heavy atom. The summed E-state index contributed by atoms with van der Waals surface area (Å²) in [5, 5.41) is 0. The van der Waals surface area contributed by atoms with E-state index < -0.39 is 0 Å². The third kappa shape index (κ3) is 2.69. The number of ether oxygens (including phenoxy) is 2. The fraction of sp³-hybridized carbons (Fsp3) is 0.571. The van der Waals surface area contributed by atoms with Crippen molar-refractivity contribution >= 4 is 0 Å². The van der Waals surface area contributed by atoms with Crippen LogP contribution >= 0.6 is 0 Å². The lowest BCUT2D eigenvalue weighted by Gasteiger charge is -2.28. The molecular formula is C14H20O2. The molecule has 2 unspecified atom stereocenters. The quantitative estimate of drug-likeness (QED) is 0.771. The lowest BCUT2D eigenvalue weighted by atomic mass is 9.98. The molecule has 16 heavy (non-hydrogen) atoms. The zero-order chi connectivity index (χ0) is 11.4. The molecule has 2 atom stereocenters. The molecule has 0 aliphatic carbocycles. The van der Waals surface area contributed by atoms with Gasteiger partial charge < -0.3 is 9.47 Å². The molecule has 2 rings (SSSR count). The lowest BCUT2D eigenvalue weighted by Crippen LogP contribution is -2.30. The monoisotopic (exact) mass is 220 g/mol. The molecule has 1 aliphatic heterocycles. The van der Waals surface area contributed by atoms with Crippen molar-refractivity contribution in [2.75, 3.05) is 6.61 Å². The molecule has 1 aromatic rings. The molecule has 88 valence electrons. The van der Waals surface area contributed by atoms with Gasteiger partial charge in [0.25, 0.3) is 0 Å². The first-order valence-corrected chi connectivity index (χ1v) is 6.18. The van der Waals surface area contributed by atoms with Crippen molar-refractivity contribution in [1.29, 1.82) is 0 Å². The van der Waals surface area contributed by atoms with Crippen LogP contribution in [0.1, 0.15) is 33.1 Å². The molecule has 0 radical (unpaired) electrons. The van der Waals surface area contributed by atoms with Gasteiger partial charge in [0.2, 0.25) is 0 Å². The van der Waals surface area contributed by atoms with Crippen LogP contribution in [0.25, 0.3) is 0 Å². The lowest BCUT2D eigenvalue weighted by molar-refractivity contribution is 0.0730. The summed E-state index contributed by atoms with van der Waals surface area (Å²) in [5.74, 6) is 2.48. The van der Waals surface area contributed by atoms with Crippen molar-refractivity contribution in [3.05, 3.63) is 24.3 Å². The fourth-order valence-corrected chi connectivity index (χ4v) is 2.24. The Morgan fingerprint density at radius 1 is 1.31 bits per heavy atom. The summed E-state index contributed by atoms with van der Waals surface area (Å²) in [6, 6.07) is 7.90. The molecule has 1 aliphatic rings. The van der Waals surface area contributed by atoms with Crippen LogP contribution in [-0.2, 0) is 0 Å². The van der Waals surface area contributed by atoms with Crippen LogP contribution in [0.3, 0.4) is 0 Å². The van der Waals surface area contributed by atoms with Gasteiger partial charge in [0, 0.05) is 0 Å². The molecule has 0 N–H and O–H groups in total. The maximum Gasteiger partial charge on any atom is 0.161 e. The molecule has 1 heterocycles. The first-order valence-electron chi connectivity index (χ1n) is 6.18. The number of fused-ring (bicyclic) bond motifs is 1. The SMILES string of the molecule is CCCC(C)CC1COc2ccccc2O1.